The van der Waals surface area contributed by atoms with Crippen LogP contribution in [0.25, 0.3) is 0 Å². The highest BCUT2D eigenvalue weighted by molar-refractivity contribution is 9.10. The number of aryl methyl sites for hydroxylation is 1. The molecule has 2 saturated carbocycles. The van der Waals surface area contributed by atoms with Gasteiger partial charge in [-0.1, -0.05) is 53.2 Å². The number of halogens is 1. The van der Waals surface area contributed by atoms with Crippen molar-refractivity contribution in [3.05, 3.63) is 64.1 Å². The van der Waals surface area contributed by atoms with E-state index in [-0.39, 0.29) is 41.9 Å². The molecule has 3 fully saturated rings. The SMILES string of the molecule is CCc1cc(Br)ccc1NC(=O)COC(=O)[C@H](Cc1ccccc1)N1C(=O)[C@H]2[C@H]3CC[C@@H](C3)[C@@H]2C1=O. The molecular formula is C28H29BrN2O5. The number of nitrogens with zero attached hydrogens (tertiary/aromatic N) is 1. The number of nitrogens with one attached hydrogen (secondary N) is 1. The summed E-state index contributed by atoms with van der Waals surface area (Å²) in [6, 6.07) is 13.7. The first-order chi connectivity index (χ1) is 17.4. The predicted molar refractivity (Wildman–Crippen MR) is 137 cm³/mol. The smallest absolute Gasteiger partial charge is 0.330 e. The maximum absolute atomic E-state index is 13.4. The van der Waals surface area contributed by atoms with Crippen LogP contribution in [0.1, 0.15) is 37.3 Å². The van der Waals surface area contributed by atoms with Gasteiger partial charge in [-0.3, -0.25) is 19.3 Å². The van der Waals surface area contributed by atoms with Crippen molar-refractivity contribution in [2.45, 2.75) is 45.1 Å². The van der Waals surface area contributed by atoms with Crippen molar-refractivity contribution in [3.8, 4) is 0 Å². The zero-order valence-corrected chi connectivity index (χ0v) is 21.7. The predicted octanol–water partition coefficient (Wildman–Crippen LogP) is 4.14. The molecule has 0 radical (unpaired) electrons. The Balaban J connectivity index is 1.31. The van der Waals surface area contributed by atoms with E-state index < -0.39 is 24.5 Å². The molecule has 1 heterocycles. The van der Waals surface area contributed by atoms with Gasteiger partial charge in [0.05, 0.1) is 11.8 Å². The van der Waals surface area contributed by atoms with Crippen molar-refractivity contribution in [2.75, 3.05) is 11.9 Å². The van der Waals surface area contributed by atoms with Gasteiger partial charge in [0.2, 0.25) is 11.8 Å². The number of amides is 3. The summed E-state index contributed by atoms with van der Waals surface area (Å²) in [4.78, 5) is 53.9. The summed E-state index contributed by atoms with van der Waals surface area (Å²) in [6.07, 6.45) is 3.72. The Kier molecular flexibility index (Phi) is 6.97. The van der Waals surface area contributed by atoms with Crippen LogP contribution >= 0.6 is 15.9 Å². The molecule has 2 aromatic carbocycles. The highest BCUT2D eigenvalue weighted by Gasteiger charge is 2.62. The first-order valence-corrected chi connectivity index (χ1v) is 13.3. The number of fused-ring (bicyclic) bond motifs is 5. The van der Waals surface area contributed by atoms with Gasteiger partial charge in [-0.05, 0) is 66.8 Å². The van der Waals surface area contributed by atoms with Gasteiger partial charge in [-0.15, -0.1) is 0 Å². The fraction of sp³-hybridized carbons (Fsp3) is 0.429. The molecule has 1 N–H and O–H groups in total. The minimum atomic E-state index is -1.09. The average molecular weight is 553 g/mol. The van der Waals surface area contributed by atoms with Crippen LogP contribution in [0.2, 0.25) is 0 Å². The number of carbonyl (C=O) groups is 4. The molecule has 0 spiro atoms. The van der Waals surface area contributed by atoms with Crippen molar-refractivity contribution in [1.82, 2.24) is 4.90 Å². The molecule has 36 heavy (non-hydrogen) atoms. The van der Waals surface area contributed by atoms with E-state index in [4.69, 9.17) is 4.74 Å². The largest absolute Gasteiger partial charge is 0.454 e. The second kappa shape index (κ2) is 10.2. The minimum absolute atomic E-state index is 0.153. The van der Waals surface area contributed by atoms with Gasteiger partial charge < -0.3 is 10.1 Å². The number of benzene rings is 2. The third-order valence-corrected chi connectivity index (χ3v) is 8.38. The second-order valence-electron chi connectivity index (χ2n) is 9.95. The van der Waals surface area contributed by atoms with Crippen molar-refractivity contribution in [2.24, 2.45) is 23.7 Å². The standard InChI is InChI=1S/C28H29BrN2O5/c1-2-17-14-20(29)10-11-21(17)30-23(32)15-36-28(35)22(12-16-6-4-3-5-7-16)31-26(33)24-18-8-9-19(13-18)25(24)27(31)34/h3-7,10-11,14,18-19,22,24-25H,2,8-9,12-13,15H2,1H3,(H,30,32)/t18-,19-,22-,24-,25-/m0/s1. The Labute approximate surface area is 218 Å². The van der Waals surface area contributed by atoms with Gasteiger partial charge in [0.15, 0.2) is 6.61 Å². The number of hydrogen-bond donors (Lipinski definition) is 1. The van der Waals surface area contributed by atoms with E-state index in [0.717, 1.165) is 46.2 Å². The molecule has 2 bridgehead atoms. The van der Waals surface area contributed by atoms with Crippen LogP contribution in [0.4, 0.5) is 5.69 Å². The fourth-order valence-corrected chi connectivity index (χ4v) is 6.66. The summed E-state index contributed by atoms with van der Waals surface area (Å²) in [7, 11) is 0. The number of carbonyl (C=O) groups excluding carboxylic acids is 4. The lowest BCUT2D eigenvalue weighted by atomic mass is 9.81. The molecule has 5 rings (SSSR count). The summed E-state index contributed by atoms with van der Waals surface area (Å²) in [5.74, 6) is -1.95. The van der Waals surface area contributed by atoms with Crippen LogP contribution < -0.4 is 5.32 Å². The topological polar surface area (TPSA) is 92.8 Å². The fourth-order valence-electron chi connectivity index (χ4n) is 6.25. The maximum atomic E-state index is 13.4. The van der Waals surface area contributed by atoms with E-state index in [1.165, 1.54) is 0 Å². The zero-order valence-electron chi connectivity index (χ0n) is 20.1. The zero-order chi connectivity index (χ0) is 25.4. The molecule has 5 atom stereocenters. The Morgan fingerprint density at radius 3 is 2.36 bits per heavy atom. The number of imide groups is 1. The molecule has 188 valence electrons. The lowest BCUT2D eigenvalue weighted by Crippen LogP contribution is -2.48. The number of ether oxygens (including phenoxy) is 1. The molecular weight excluding hydrogens is 524 g/mol. The number of hydrogen-bond acceptors (Lipinski definition) is 5. The van der Waals surface area contributed by atoms with Crippen LogP contribution in [-0.4, -0.2) is 41.2 Å². The summed E-state index contributed by atoms with van der Waals surface area (Å²) in [6.45, 7) is 1.48. The number of esters is 1. The second-order valence-corrected chi connectivity index (χ2v) is 10.9. The van der Waals surface area contributed by atoms with Crippen molar-refractivity contribution in [1.29, 1.82) is 0 Å². The molecule has 0 unspecified atom stereocenters. The van der Waals surface area contributed by atoms with Crippen molar-refractivity contribution in [3.63, 3.8) is 0 Å². The van der Waals surface area contributed by atoms with E-state index in [1.54, 1.807) is 6.07 Å². The van der Waals surface area contributed by atoms with Crippen LogP contribution in [0, 0.1) is 23.7 Å². The Hall–Kier alpha value is -3.00. The van der Waals surface area contributed by atoms with Crippen LogP contribution in [-0.2, 0) is 36.8 Å². The Bertz CT molecular complexity index is 1170. The van der Waals surface area contributed by atoms with Gasteiger partial charge >= 0.3 is 5.97 Å². The summed E-state index contributed by atoms with van der Waals surface area (Å²) in [5, 5.41) is 2.79. The molecule has 1 aliphatic heterocycles. The van der Waals surface area contributed by atoms with Crippen molar-refractivity contribution < 1.29 is 23.9 Å². The van der Waals surface area contributed by atoms with E-state index in [0.29, 0.717) is 5.69 Å². The molecule has 7 nitrogen and oxygen atoms in total. The lowest BCUT2D eigenvalue weighted by Gasteiger charge is -2.26. The van der Waals surface area contributed by atoms with E-state index in [1.807, 2.05) is 49.4 Å². The van der Waals surface area contributed by atoms with Gasteiger partial charge in [-0.25, -0.2) is 4.79 Å². The van der Waals surface area contributed by atoms with Gasteiger partial charge in [0, 0.05) is 16.6 Å². The van der Waals surface area contributed by atoms with Crippen molar-refractivity contribution >= 4 is 45.3 Å². The Morgan fingerprint density at radius 1 is 1.06 bits per heavy atom. The van der Waals surface area contributed by atoms with E-state index >= 15 is 0 Å². The molecule has 3 aliphatic rings. The number of rotatable bonds is 8. The molecule has 0 aromatic heterocycles. The van der Waals surface area contributed by atoms with E-state index in [9.17, 15) is 19.2 Å². The van der Waals surface area contributed by atoms with E-state index in [2.05, 4.69) is 21.2 Å². The Morgan fingerprint density at radius 2 is 1.72 bits per heavy atom. The first kappa shape index (κ1) is 24.7. The number of likely N-dealkylation sites (tertiary alicyclic amines) is 1. The average Bonchev–Trinajstić information content (AvgIpc) is 3.56. The third-order valence-electron chi connectivity index (χ3n) is 7.88. The molecule has 2 aliphatic carbocycles. The monoisotopic (exact) mass is 552 g/mol. The number of anilines is 1. The highest BCUT2D eigenvalue weighted by Crippen LogP contribution is 2.56. The summed E-state index contributed by atoms with van der Waals surface area (Å²) >= 11 is 3.43. The van der Waals surface area contributed by atoms with Gasteiger partial charge in [0.25, 0.3) is 5.91 Å². The molecule has 8 heteroatoms. The van der Waals surface area contributed by atoms with Crippen LogP contribution in [0.5, 0.6) is 0 Å². The molecule has 3 amide bonds. The molecule has 1 saturated heterocycles. The molecule has 2 aromatic rings. The van der Waals surface area contributed by atoms with Gasteiger partial charge in [0.1, 0.15) is 6.04 Å². The minimum Gasteiger partial charge on any atom is -0.454 e. The first-order valence-electron chi connectivity index (χ1n) is 12.5. The third kappa shape index (κ3) is 4.59. The lowest BCUT2D eigenvalue weighted by molar-refractivity contribution is -0.160. The quantitative estimate of drug-likeness (QED) is 0.392. The van der Waals surface area contributed by atoms with Gasteiger partial charge in [-0.2, -0.15) is 0 Å². The maximum Gasteiger partial charge on any atom is 0.330 e. The normalized spacial score (nSPS) is 25.1. The van der Waals surface area contributed by atoms with Crippen LogP contribution in [0.3, 0.4) is 0 Å². The highest BCUT2D eigenvalue weighted by atomic mass is 79.9. The summed E-state index contributed by atoms with van der Waals surface area (Å²) in [5.41, 5.74) is 2.41. The summed E-state index contributed by atoms with van der Waals surface area (Å²) < 4.78 is 6.31. The van der Waals surface area contributed by atoms with Crippen LogP contribution in [0.15, 0.2) is 53.0 Å².